The molecule has 3 heteroatoms. The summed E-state index contributed by atoms with van der Waals surface area (Å²) in [6, 6.07) is 12.4. The molecule has 88 valence electrons. The summed E-state index contributed by atoms with van der Waals surface area (Å²) < 4.78 is 5.77. The van der Waals surface area contributed by atoms with E-state index in [2.05, 4.69) is 23.1 Å². The topological polar surface area (TPSA) is 32.7 Å². The minimum absolute atomic E-state index is 0.0522. The van der Waals surface area contributed by atoms with Gasteiger partial charge in [0.2, 0.25) is 0 Å². The molecule has 1 unspecified atom stereocenters. The highest BCUT2D eigenvalue weighted by Gasteiger charge is 2.23. The van der Waals surface area contributed by atoms with Crippen LogP contribution in [0.5, 0.6) is 5.75 Å². The number of nitrogens with zero attached hydrogens (tertiary/aromatic N) is 1. The fourth-order valence-corrected chi connectivity index (χ4v) is 2.32. The fourth-order valence-electron chi connectivity index (χ4n) is 2.32. The van der Waals surface area contributed by atoms with Crippen molar-refractivity contribution in [3.05, 3.63) is 36.4 Å². The van der Waals surface area contributed by atoms with E-state index < -0.39 is 0 Å². The molecule has 0 radical (unpaired) electrons. The summed E-state index contributed by atoms with van der Waals surface area (Å²) in [4.78, 5) is 2.13. The maximum absolute atomic E-state index is 9.20. The molecule has 0 saturated carbocycles. The lowest BCUT2D eigenvalue weighted by Gasteiger charge is -2.33. The van der Waals surface area contributed by atoms with E-state index in [9.17, 15) is 5.11 Å². The lowest BCUT2D eigenvalue weighted by Crippen LogP contribution is -2.39. The van der Waals surface area contributed by atoms with Gasteiger partial charge in [0.05, 0.1) is 18.8 Å². The van der Waals surface area contributed by atoms with Crippen LogP contribution < -0.4 is 9.64 Å². The molecule has 0 bridgehead atoms. The number of likely N-dealkylation sites (N-methyl/N-ethyl adjacent to an activating group) is 1. The Balaban J connectivity index is 2.14. The van der Waals surface area contributed by atoms with Gasteiger partial charge in [-0.1, -0.05) is 24.3 Å². The van der Waals surface area contributed by atoms with E-state index in [1.807, 2.05) is 25.2 Å². The third kappa shape index (κ3) is 1.72. The molecule has 3 nitrogen and oxygen atoms in total. The lowest BCUT2D eigenvalue weighted by atomic mass is 10.1. The summed E-state index contributed by atoms with van der Waals surface area (Å²) in [5.41, 5.74) is 1.09. The Hall–Kier alpha value is -1.74. The molecule has 3 rings (SSSR count). The number of anilines is 1. The van der Waals surface area contributed by atoms with Gasteiger partial charge in [-0.25, -0.2) is 0 Å². The van der Waals surface area contributed by atoms with Crippen molar-refractivity contribution in [2.75, 3.05) is 25.1 Å². The van der Waals surface area contributed by atoms with E-state index in [1.165, 1.54) is 10.8 Å². The van der Waals surface area contributed by atoms with Crippen molar-refractivity contribution in [3.8, 4) is 5.75 Å². The maximum atomic E-state index is 9.20. The molecule has 0 spiro atoms. The van der Waals surface area contributed by atoms with Gasteiger partial charge in [-0.2, -0.15) is 0 Å². The fraction of sp³-hybridized carbons (Fsp3) is 0.286. The van der Waals surface area contributed by atoms with Crippen molar-refractivity contribution < 1.29 is 9.84 Å². The van der Waals surface area contributed by atoms with Crippen LogP contribution in [-0.4, -0.2) is 31.4 Å². The number of benzene rings is 2. The summed E-state index contributed by atoms with van der Waals surface area (Å²) in [6.07, 6.45) is -0.131. The lowest BCUT2D eigenvalue weighted by molar-refractivity contribution is 0.114. The number of rotatable bonds is 1. The Morgan fingerprint density at radius 1 is 1.29 bits per heavy atom. The number of hydrogen-bond acceptors (Lipinski definition) is 3. The minimum Gasteiger partial charge on any atom is -0.484 e. The smallest absolute Gasteiger partial charge is 0.143 e. The van der Waals surface area contributed by atoms with Crippen LogP contribution in [0.1, 0.15) is 0 Å². The number of fused-ring (bicyclic) bond motifs is 2. The van der Waals surface area contributed by atoms with E-state index in [0.29, 0.717) is 0 Å². The Bertz CT molecular complexity index is 553. The second-order valence-electron chi connectivity index (χ2n) is 4.47. The summed E-state index contributed by atoms with van der Waals surface area (Å²) >= 11 is 0. The Labute approximate surface area is 100 Å². The number of aliphatic hydroxyl groups excluding tert-OH is 1. The molecule has 2 aromatic carbocycles. The Morgan fingerprint density at radius 2 is 2.00 bits per heavy atom. The maximum Gasteiger partial charge on any atom is 0.143 e. The van der Waals surface area contributed by atoms with E-state index in [4.69, 9.17) is 4.74 Å². The average molecular weight is 229 g/mol. The zero-order chi connectivity index (χ0) is 11.8. The molecule has 1 atom stereocenters. The molecule has 0 aromatic heterocycles. The molecule has 2 aromatic rings. The van der Waals surface area contributed by atoms with Crippen molar-refractivity contribution in [3.63, 3.8) is 0 Å². The predicted octanol–water partition coefficient (Wildman–Crippen LogP) is 2.03. The van der Waals surface area contributed by atoms with Crippen LogP contribution in [-0.2, 0) is 0 Å². The quantitative estimate of drug-likeness (QED) is 0.812. The van der Waals surface area contributed by atoms with Crippen molar-refractivity contribution in [1.82, 2.24) is 0 Å². The van der Waals surface area contributed by atoms with E-state index in [-0.39, 0.29) is 12.7 Å². The van der Waals surface area contributed by atoms with Crippen molar-refractivity contribution in [2.24, 2.45) is 0 Å². The highest BCUT2D eigenvalue weighted by Crippen LogP contribution is 2.36. The zero-order valence-electron chi connectivity index (χ0n) is 9.76. The van der Waals surface area contributed by atoms with Gasteiger partial charge in [0.1, 0.15) is 11.9 Å². The molecule has 1 heterocycles. The standard InChI is InChI=1S/C14H15NO2/c1-15-8-12(9-16)17-14-7-11-5-3-2-4-10(11)6-13(14)15/h2-7,12,16H,8-9H2,1H3. The van der Waals surface area contributed by atoms with Gasteiger partial charge in [-0.3, -0.25) is 0 Å². The molecular formula is C14H15NO2. The summed E-state index contributed by atoms with van der Waals surface area (Å²) in [7, 11) is 2.03. The van der Waals surface area contributed by atoms with Gasteiger partial charge < -0.3 is 14.7 Å². The van der Waals surface area contributed by atoms with Crippen molar-refractivity contribution >= 4 is 16.5 Å². The van der Waals surface area contributed by atoms with Gasteiger partial charge in [-0.15, -0.1) is 0 Å². The summed E-state index contributed by atoms with van der Waals surface area (Å²) in [6.45, 7) is 0.776. The molecule has 0 aliphatic carbocycles. The normalized spacial score (nSPS) is 18.9. The highest BCUT2D eigenvalue weighted by molar-refractivity contribution is 5.89. The van der Waals surface area contributed by atoms with E-state index in [0.717, 1.165) is 18.0 Å². The first-order valence-electron chi connectivity index (χ1n) is 5.79. The van der Waals surface area contributed by atoms with Gasteiger partial charge in [0, 0.05) is 7.05 Å². The predicted molar refractivity (Wildman–Crippen MR) is 68.7 cm³/mol. The second kappa shape index (κ2) is 3.93. The number of aliphatic hydroxyl groups is 1. The molecule has 0 saturated heterocycles. The zero-order valence-corrected chi connectivity index (χ0v) is 9.76. The second-order valence-corrected chi connectivity index (χ2v) is 4.47. The van der Waals surface area contributed by atoms with Gasteiger partial charge >= 0.3 is 0 Å². The third-order valence-corrected chi connectivity index (χ3v) is 3.21. The molecule has 0 fully saturated rings. The first-order chi connectivity index (χ1) is 8.28. The SMILES string of the molecule is CN1CC(CO)Oc2cc3ccccc3cc21. The van der Waals surface area contributed by atoms with Crippen LogP contribution in [0.2, 0.25) is 0 Å². The van der Waals surface area contributed by atoms with Gasteiger partial charge in [0.15, 0.2) is 0 Å². The van der Waals surface area contributed by atoms with Crippen LogP contribution >= 0.6 is 0 Å². The monoisotopic (exact) mass is 229 g/mol. The molecule has 1 N–H and O–H groups in total. The van der Waals surface area contributed by atoms with E-state index >= 15 is 0 Å². The van der Waals surface area contributed by atoms with Gasteiger partial charge in [0.25, 0.3) is 0 Å². The third-order valence-electron chi connectivity index (χ3n) is 3.21. The van der Waals surface area contributed by atoms with Crippen LogP contribution in [0.4, 0.5) is 5.69 Å². The molecule has 0 amide bonds. The van der Waals surface area contributed by atoms with Crippen LogP contribution in [0.3, 0.4) is 0 Å². The van der Waals surface area contributed by atoms with Crippen molar-refractivity contribution in [2.45, 2.75) is 6.10 Å². The number of hydrogen-bond donors (Lipinski definition) is 1. The van der Waals surface area contributed by atoms with Gasteiger partial charge in [-0.05, 0) is 22.9 Å². The molecule has 1 aliphatic heterocycles. The number of ether oxygens (including phenoxy) is 1. The summed E-state index contributed by atoms with van der Waals surface area (Å²) in [5, 5.41) is 11.6. The highest BCUT2D eigenvalue weighted by atomic mass is 16.5. The van der Waals surface area contributed by atoms with Crippen LogP contribution in [0, 0.1) is 0 Å². The Kier molecular flexibility index (Phi) is 2.41. The largest absolute Gasteiger partial charge is 0.484 e. The first-order valence-corrected chi connectivity index (χ1v) is 5.79. The molecular weight excluding hydrogens is 214 g/mol. The van der Waals surface area contributed by atoms with Crippen LogP contribution in [0.25, 0.3) is 10.8 Å². The Morgan fingerprint density at radius 3 is 2.71 bits per heavy atom. The summed E-state index contributed by atoms with van der Waals surface area (Å²) in [5.74, 6) is 0.858. The minimum atomic E-state index is -0.131. The first kappa shape index (κ1) is 10.4. The molecule has 17 heavy (non-hydrogen) atoms. The van der Waals surface area contributed by atoms with Crippen molar-refractivity contribution in [1.29, 1.82) is 0 Å². The van der Waals surface area contributed by atoms with E-state index in [1.54, 1.807) is 0 Å². The molecule has 1 aliphatic rings. The average Bonchev–Trinajstić information content (AvgIpc) is 2.36. The van der Waals surface area contributed by atoms with Crippen LogP contribution in [0.15, 0.2) is 36.4 Å².